The monoisotopic (exact) mass is 472 g/mol. The standard InChI is InChI=1S/C26H33F5O2/c1-2-3-4-5-18-6-8-19(9-7-18)20-10-12-21(13-11-20)26(30,31)33-22-14-15-24(23(27)16-22)32-17-25(28)29/h2-3,14-21H,4-13H2,1H3. The van der Waals surface area contributed by atoms with E-state index in [1.165, 1.54) is 32.1 Å². The number of hydrogen-bond donors (Lipinski definition) is 0. The first-order valence-corrected chi connectivity index (χ1v) is 11.9. The quantitative estimate of drug-likeness (QED) is 0.203. The highest BCUT2D eigenvalue weighted by Crippen LogP contribution is 2.46. The number of hydrogen-bond acceptors (Lipinski definition) is 2. The molecular weight excluding hydrogens is 439 g/mol. The van der Waals surface area contributed by atoms with Gasteiger partial charge in [0.05, 0.1) is 5.92 Å². The molecular formula is C26H33F5O2. The second-order valence-electron chi connectivity index (χ2n) is 9.32. The molecule has 33 heavy (non-hydrogen) atoms. The summed E-state index contributed by atoms with van der Waals surface area (Å²) < 4.78 is 76.9. The lowest BCUT2D eigenvalue weighted by Gasteiger charge is -2.39. The van der Waals surface area contributed by atoms with Crippen LogP contribution in [0, 0.1) is 29.5 Å². The Labute approximate surface area is 192 Å². The third-order valence-electron chi connectivity index (χ3n) is 7.21. The van der Waals surface area contributed by atoms with Gasteiger partial charge in [0.15, 0.2) is 17.8 Å². The normalized spacial score (nSPS) is 26.2. The van der Waals surface area contributed by atoms with Crippen molar-refractivity contribution in [1.82, 2.24) is 0 Å². The van der Waals surface area contributed by atoms with E-state index in [2.05, 4.69) is 16.9 Å². The topological polar surface area (TPSA) is 18.5 Å². The van der Waals surface area contributed by atoms with Crippen molar-refractivity contribution in [3.8, 4) is 11.5 Å². The number of rotatable bonds is 9. The first-order valence-electron chi connectivity index (χ1n) is 11.9. The van der Waals surface area contributed by atoms with Gasteiger partial charge in [-0.15, -0.1) is 0 Å². The summed E-state index contributed by atoms with van der Waals surface area (Å²) in [5.74, 6) is -0.909. The van der Waals surface area contributed by atoms with Crippen LogP contribution in [0.2, 0.25) is 0 Å². The van der Waals surface area contributed by atoms with Gasteiger partial charge in [-0.25, -0.2) is 4.39 Å². The molecule has 2 saturated carbocycles. The van der Waals surface area contributed by atoms with Crippen LogP contribution in [0.1, 0.15) is 71.1 Å². The number of benzene rings is 1. The number of alkyl halides is 2. The van der Waals surface area contributed by atoms with E-state index in [0.29, 0.717) is 24.7 Å². The molecule has 3 rings (SSSR count). The summed E-state index contributed by atoms with van der Waals surface area (Å²) in [7, 11) is 0. The minimum absolute atomic E-state index is 0.0856. The summed E-state index contributed by atoms with van der Waals surface area (Å²) in [5, 5.41) is 0. The van der Waals surface area contributed by atoms with Crippen LogP contribution in [0.25, 0.3) is 0 Å². The van der Waals surface area contributed by atoms with Gasteiger partial charge in [0, 0.05) is 6.07 Å². The van der Waals surface area contributed by atoms with Crippen molar-refractivity contribution in [2.75, 3.05) is 0 Å². The zero-order valence-electron chi connectivity index (χ0n) is 19.1. The van der Waals surface area contributed by atoms with Gasteiger partial charge in [-0.2, -0.15) is 17.6 Å². The lowest BCUT2D eigenvalue weighted by Crippen LogP contribution is -2.38. The van der Waals surface area contributed by atoms with E-state index >= 15 is 0 Å². The molecule has 0 aliphatic heterocycles. The van der Waals surface area contributed by atoms with Gasteiger partial charge in [-0.3, -0.25) is 0 Å². The van der Waals surface area contributed by atoms with E-state index in [9.17, 15) is 22.0 Å². The molecule has 0 atom stereocenters. The first-order chi connectivity index (χ1) is 15.8. The molecule has 0 N–H and O–H groups in total. The average Bonchev–Trinajstić information content (AvgIpc) is 2.79. The molecule has 184 valence electrons. The highest BCUT2D eigenvalue weighted by molar-refractivity contribution is 5.33. The molecule has 0 radical (unpaired) electrons. The van der Waals surface area contributed by atoms with Gasteiger partial charge in [0.25, 0.3) is 0 Å². The third kappa shape index (κ3) is 7.47. The van der Waals surface area contributed by atoms with Crippen LogP contribution in [0.3, 0.4) is 0 Å². The molecule has 0 saturated heterocycles. The van der Waals surface area contributed by atoms with Crippen LogP contribution in [0.4, 0.5) is 22.0 Å². The Kier molecular flexibility index (Phi) is 9.21. The summed E-state index contributed by atoms with van der Waals surface area (Å²) in [5.41, 5.74) is 0. The molecule has 0 spiro atoms. The Morgan fingerprint density at radius 3 is 2.21 bits per heavy atom. The Morgan fingerprint density at radius 1 is 1.00 bits per heavy atom. The molecule has 0 aromatic heterocycles. The maximum Gasteiger partial charge on any atom is 0.400 e. The molecule has 2 nitrogen and oxygen atoms in total. The fourth-order valence-electron chi connectivity index (χ4n) is 5.36. The predicted octanol–water partition coefficient (Wildman–Crippen LogP) is 8.88. The fraction of sp³-hybridized carbons (Fsp3) is 0.615. The van der Waals surface area contributed by atoms with Crippen LogP contribution < -0.4 is 9.47 Å². The van der Waals surface area contributed by atoms with Gasteiger partial charge >= 0.3 is 12.2 Å². The Bertz CT molecular complexity index is 803. The van der Waals surface area contributed by atoms with E-state index in [-0.39, 0.29) is 12.0 Å². The van der Waals surface area contributed by atoms with Crippen molar-refractivity contribution in [3.63, 3.8) is 0 Å². The third-order valence-corrected chi connectivity index (χ3v) is 7.21. The summed E-state index contributed by atoms with van der Waals surface area (Å²) in [6, 6.07) is 2.82. The molecule has 0 bridgehead atoms. The van der Waals surface area contributed by atoms with Crippen molar-refractivity contribution >= 4 is 0 Å². The maximum atomic E-state index is 14.8. The Balaban J connectivity index is 1.47. The van der Waals surface area contributed by atoms with Crippen LogP contribution in [-0.4, -0.2) is 6.11 Å². The highest BCUT2D eigenvalue weighted by atomic mass is 19.3. The highest BCUT2D eigenvalue weighted by Gasteiger charge is 2.45. The summed E-state index contributed by atoms with van der Waals surface area (Å²) in [6.45, 7) is 2.04. The number of allylic oxidation sites excluding steroid dienone is 2. The van der Waals surface area contributed by atoms with Crippen LogP contribution >= 0.6 is 0 Å². The van der Waals surface area contributed by atoms with Gasteiger partial charge in [-0.05, 0) is 88.2 Å². The first kappa shape index (κ1) is 25.6. The van der Waals surface area contributed by atoms with Gasteiger partial charge < -0.3 is 9.47 Å². The van der Waals surface area contributed by atoms with Crippen LogP contribution in [0.5, 0.6) is 11.5 Å². The zero-order chi connectivity index (χ0) is 23.8. The van der Waals surface area contributed by atoms with E-state index in [4.69, 9.17) is 4.74 Å². The van der Waals surface area contributed by atoms with Gasteiger partial charge in [-0.1, -0.05) is 25.0 Å². The number of halogens is 5. The molecule has 1 aromatic carbocycles. The largest absolute Gasteiger partial charge is 0.456 e. The number of ether oxygens (including phenoxy) is 2. The Hall–Kier alpha value is -2.05. The molecule has 2 aliphatic carbocycles. The Morgan fingerprint density at radius 2 is 1.64 bits per heavy atom. The van der Waals surface area contributed by atoms with Crippen molar-refractivity contribution in [1.29, 1.82) is 0 Å². The van der Waals surface area contributed by atoms with E-state index in [0.717, 1.165) is 43.4 Å². The van der Waals surface area contributed by atoms with Crippen LogP contribution in [-0.2, 0) is 0 Å². The van der Waals surface area contributed by atoms with Crippen molar-refractivity contribution in [2.24, 2.45) is 23.7 Å². The second kappa shape index (κ2) is 11.9. The maximum absolute atomic E-state index is 14.8. The van der Waals surface area contributed by atoms with E-state index in [1.54, 1.807) is 0 Å². The molecule has 1 aromatic rings. The van der Waals surface area contributed by atoms with Gasteiger partial charge in [0.2, 0.25) is 0 Å². The SMILES string of the molecule is CC=CCCC1CCC(C2CCC(C(F)(F)Oc3ccc(OC=C(F)F)c(F)c3)CC2)CC1. The molecule has 2 fully saturated rings. The van der Waals surface area contributed by atoms with Crippen molar-refractivity contribution in [2.45, 2.75) is 77.2 Å². The molecule has 0 heterocycles. The molecule has 7 heteroatoms. The fourth-order valence-corrected chi connectivity index (χ4v) is 5.36. The molecule has 0 amide bonds. The van der Waals surface area contributed by atoms with Crippen molar-refractivity contribution in [3.05, 3.63) is 48.5 Å². The lowest BCUT2D eigenvalue weighted by atomic mass is 9.68. The second-order valence-corrected chi connectivity index (χ2v) is 9.32. The minimum atomic E-state index is -3.42. The summed E-state index contributed by atoms with van der Waals surface area (Å²) in [6.07, 6.45) is 8.37. The van der Waals surface area contributed by atoms with Gasteiger partial charge in [0.1, 0.15) is 5.75 Å². The van der Waals surface area contributed by atoms with Crippen molar-refractivity contribution < 1.29 is 31.4 Å². The van der Waals surface area contributed by atoms with E-state index < -0.39 is 29.7 Å². The molecule has 2 aliphatic rings. The lowest BCUT2D eigenvalue weighted by molar-refractivity contribution is -0.224. The zero-order valence-corrected chi connectivity index (χ0v) is 19.1. The van der Waals surface area contributed by atoms with Crippen LogP contribution in [0.15, 0.2) is 42.7 Å². The van der Waals surface area contributed by atoms with E-state index in [1.807, 2.05) is 6.92 Å². The average molecular weight is 473 g/mol. The molecule has 0 unspecified atom stereocenters. The summed E-state index contributed by atoms with van der Waals surface area (Å²) >= 11 is 0. The summed E-state index contributed by atoms with van der Waals surface area (Å²) in [4.78, 5) is 0. The smallest absolute Gasteiger partial charge is 0.400 e. The predicted molar refractivity (Wildman–Crippen MR) is 118 cm³/mol. The minimum Gasteiger partial charge on any atom is -0.456 e.